The van der Waals surface area contributed by atoms with Gasteiger partial charge in [-0.05, 0) is 6.07 Å². The second kappa shape index (κ2) is 5.85. The second-order valence-electron chi connectivity index (χ2n) is 3.54. The molecule has 1 N–H and O–H groups in total. The Balaban J connectivity index is 1.90. The highest BCUT2D eigenvalue weighted by Gasteiger charge is 2.06. The van der Waals surface area contributed by atoms with Crippen molar-refractivity contribution in [3.8, 4) is 5.75 Å². The number of aromatic nitrogens is 2. The lowest BCUT2D eigenvalue weighted by Crippen LogP contribution is -2.20. The first kappa shape index (κ1) is 12.9. The Morgan fingerprint density at radius 2 is 2.00 bits per heavy atom. The molecular formula is C12H9F2N3O2. The first-order valence-corrected chi connectivity index (χ1v) is 5.28. The number of hydrogen-bond donors (Lipinski definition) is 1. The van der Waals surface area contributed by atoms with Gasteiger partial charge in [0.2, 0.25) is 0 Å². The maximum absolute atomic E-state index is 12.9. The van der Waals surface area contributed by atoms with Crippen LogP contribution in [0, 0.1) is 11.6 Å². The number of ether oxygens (including phenoxy) is 1. The van der Waals surface area contributed by atoms with E-state index < -0.39 is 17.5 Å². The zero-order chi connectivity index (χ0) is 13.7. The van der Waals surface area contributed by atoms with Gasteiger partial charge in [0, 0.05) is 24.4 Å². The van der Waals surface area contributed by atoms with E-state index in [0.717, 1.165) is 12.1 Å². The zero-order valence-corrected chi connectivity index (χ0v) is 9.64. The molecule has 0 atom stereocenters. The van der Waals surface area contributed by atoms with Crippen molar-refractivity contribution < 1.29 is 18.3 Å². The molecule has 0 aliphatic carbocycles. The van der Waals surface area contributed by atoms with Gasteiger partial charge in [-0.2, -0.15) is 0 Å². The lowest BCUT2D eigenvalue weighted by Gasteiger charge is -2.07. The van der Waals surface area contributed by atoms with Gasteiger partial charge in [0.25, 0.3) is 5.91 Å². The Morgan fingerprint density at radius 3 is 2.63 bits per heavy atom. The van der Waals surface area contributed by atoms with Crippen molar-refractivity contribution in [2.24, 2.45) is 0 Å². The number of halogens is 2. The summed E-state index contributed by atoms with van der Waals surface area (Å²) < 4.78 is 30.7. The summed E-state index contributed by atoms with van der Waals surface area (Å²) in [5, 5.41) is 2.44. The first-order valence-electron chi connectivity index (χ1n) is 5.28. The van der Waals surface area contributed by atoms with Crippen LogP contribution in [0.2, 0.25) is 0 Å². The Labute approximate surface area is 107 Å². The van der Waals surface area contributed by atoms with E-state index in [1.54, 1.807) is 0 Å². The molecule has 0 bridgehead atoms. The molecule has 5 nitrogen and oxygen atoms in total. The van der Waals surface area contributed by atoms with E-state index >= 15 is 0 Å². The highest BCUT2D eigenvalue weighted by molar-refractivity contribution is 5.90. The van der Waals surface area contributed by atoms with Crippen molar-refractivity contribution in [1.29, 1.82) is 0 Å². The number of amides is 1. The molecule has 2 aromatic rings. The summed E-state index contributed by atoms with van der Waals surface area (Å²) in [6, 6.07) is 4.19. The largest absolute Gasteiger partial charge is 0.484 e. The number of carbonyl (C=O) groups excluding carboxylic acids is 1. The molecule has 1 aromatic heterocycles. The van der Waals surface area contributed by atoms with Gasteiger partial charge in [-0.1, -0.05) is 0 Å². The summed E-state index contributed by atoms with van der Waals surface area (Å²) in [5.74, 6) is -1.79. The minimum atomic E-state index is -0.772. The van der Waals surface area contributed by atoms with Crippen molar-refractivity contribution in [1.82, 2.24) is 9.97 Å². The maximum Gasteiger partial charge on any atom is 0.263 e. The number of anilines is 1. The predicted octanol–water partition coefficient (Wildman–Crippen LogP) is 1.77. The fourth-order valence-electron chi connectivity index (χ4n) is 1.30. The first-order chi connectivity index (χ1) is 9.13. The summed E-state index contributed by atoms with van der Waals surface area (Å²) in [7, 11) is 0. The lowest BCUT2D eigenvalue weighted by molar-refractivity contribution is -0.118. The van der Waals surface area contributed by atoms with Gasteiger partial charge in [0.1, 0.15) is 29.5 Å². The van der Waals surface area contributed by atoms with E-state index in [1.807, 2.05) is 0 Å². The topological polar surface area (TPSA) is 64.1 Å². The van der Waals surface area contributed by atoms with Crippen molar-refractivity contribution in [3.05, 3.63) is 48.4 Å². The highest BCUT2D eigenvalue weighted by atomic mass is 19.1. The number of benzene rings is 1. The smallest absolute Gasteiger partial charge is 0.263 e. The van der Waals surface area contributed by atoms with Crippen LogP contribution in [0.1, 0.15) is 0 Å². The standard InChI is InChI=1S/C12H9F2N3O2/c13-8-3-9(14)5-10(4-8)19-6-12(18)17-11-1-2-15-7-16-11/h1-5,7H,6H2,(H,15,16,17,18). The summed E-state index contributed by atoms with van der Waals surface area (Å²) in [5.41, 5.74) is 0. The van der Waals surface area contributed by atoms with E-state index in [4.69, 9.17) is 4.74 Å². The van der Waals surface area contributed by atoms with Crippen LogP contribution in [-0.4, -0.2) is 22.5 Å². The van der Waals surface area contributed by atoms with Crippen LogP contribution in [0.5, 0.6) is 5.75 Å². The molecule has 0 saturated carbocycles. The number of nitrogens with one attached hydrogen (secondary N) is 1. The van der Waals surface area contributed by atoms with Gasteiger partial charge in [0.05, 0.1) is 0 Å². The Hall–Kier alpha value is -2.57. The van der Waals surface area contributed by atoms with E-state index in [9.17, 15) is 13.6 Å². The molecule has 0 radical (unpaired) electrons. The van der Waals surface area contributed by atoms with Crippen LogP contribution in [0.15, 0.2) is 36.8 Å². The van der Waals surface area contributed by atoms with Crippen molar-refractivity contribution >= 4 is 11.7 Å². The van der Waals surface area contributed by atoms with Gasteiger partial charge < -0.3 is 10.1 Å². The number of rotatable bonds is 4. The zero-order valence-electron chi connectivity index (χ0n) is 9.64. The normalized spacial score (nSPS) is 10.0. The average Bonchev–Trinajstić information content (AvgIpc) is 2.36. The van der Waals surface area contributed by atoms with Crippen LogP contribution in [-0.2, 0) is 4.79 Å². The minimum absolute atomic E-state index is 0.0599. The second-order valence-corrected chi connectivity index (χ2v) is 3.54. The molecule has 0 aliphatic heterocycles. The Kier molecular flexibility index (Phi) is 3.97. The molecule has 7 heteroatoms. The average molecular weight is 265 g/mol. The molecule has 0 saturated heterocycles. The third-order valence-corrected chi connectivity index (χ3v) is 2.06. The van der Waals surface area contributed by atoms with Crippen LogP contribution < -0.4 is 10.1 Å². The van der Waals surface area contributed by atoms with Crippen LogP contribution in [0.25, 0.3) is 0 Å². The minimum Gasteiger partial charge on any atom is -0.484 e. The molecule has 1 amide bonds. The van der Waals surface area contributed by atoms with Crippen LogP contribution in [0.4, 0.5) is 14.6 Å². The van der Waals surface area contributed by atoms with Crippen molar-refractivity contribution in [2.75, 3.05) is 11.9 Å². The Morgan fingerprint density at radius 1 is 1.26 bits per heavy atom. The number of nitrogens with zero attached hydrogens (tertiary/aromatic N) is 2. The van der Waals surface area contributed by atoms with Gasteiger partial charge in [-0.15, -0.1) is 0 Å². The van der Waals surface area contributed by atoms with Crippen molar-refractivity contribution in [2.45, 2.75) is 0 Å². The Bertz CT molecular complexity index is 558. The monoisotopic (exact) mass is 265 g/mol. The number of carbonyl (C=O) groups is 1. The number of hydrogen-bond acceptors (Lipinski definition) is 4. The third-order valence-electron chi connectivity index (χ3n) is 2.06. The van der Waals surface area contributed by atoms with Gasteiger partial charge in [0.15, 0.2) is 6.61 Å². The van der Waals surface area contributed by atoms with E-state index in [1.165, 1.54) is 18.6 Å². The van der Waals surface area contributed by atoms with Gasteiger partial charge in [-0.3, -0.25) is 4.79 Å². The summed E-state index contributed by atoms with van der Waals surface area (Å²) in [4.78, 5) is 18.9. The third kappa shape index (κ3) is 3.98. The molecular weight excluding hydrogens is 256 g/mol. The maximum atomic E-state index is 12.9. The van der Waals surface area contributed by atoms with E-state index in [0.29, 0.717) is 11.9 Å². The van der Waals surface area contributed by atoms with Crippen molar-refractivity contribution in [3.63, 3.8) is 0 Å². The predicted molar refractivity (Wildman–Crippen MR) is 62.5 cm³/mol. The van der Waals surface area contributed by atoms with Gasteiger partial charge >= 0.3 is 0 Å². The molecule has 0 aliphatic rings. The van der Waals surface area contributed by atoms with E-state index in [2.05, 4.69) is 15.3 Å². The summed E-state index contributed by atoms with van der Waals surface area (Å²) >= 11 is 0. The summed E-state index contributed by atoms with van der Waals surface area (Å²) in [6.45, 7) is -0.382. The summed E-state index contributed by atoms with van der Waals surface area (Å²) in [6.07, 6.45) is 2.74. The fourth-order valence-corrected chi connectivity index (χ4v) is 1.30. The fraction of sp³-hybridized carbons (Fsp3) is 0.0833. The van der Waals surface area contributed by atoms with Gasteiger partial charge in [-0.25, -0.2) is 18.7 Å². The molecule has 1 heterocycles. The molecule has 0 fully saturated rings. The molecule has 1 aromatic carbocycles. The van der Waals surface area contributed by atoms with E-state index in [-0.39, 0.29) is 12.4 Å². The highest BCUT2D eigenvalue weighted by Crippen LogP contribution is 2.15. The molecule has 0 unspecified atom stereocenters. The molecule has 19 heavy (non-hydrogen) atoms. The SMILES string of the molecule is O=C(COc1cc(F)cc(F)c1)Nc1ccncn1. The molecule has 0 spiro atoms. The molecule has 2 rings (SSSR count). The molecule has 98 valence electrons. The quantitative estimate of drug-likeness (QED) is 0.915. The van der Waals surface area contributed by atoms with Crippen LogP contribution in [0.3, 0.4) is 0 Å². The van der Waals surface area contributed by atoms with Crippen LogP contribution >= 0.6 is 0 Å². The lowest BCUT2D eigenvalue weighted by atomic mass is 10.3.